The zero-order valence-corrected chi connectivity index (χ0v) is 10.7. The van der Waals surface area contributed by atoms with E-state index < -0.39 is 0 Å². The maximum atomic E-state index is 3.79. The number of hydrogen-bond acceptors (Lipinski definition) is 1. The average molecular weight is 211 g/mol. The predicted octanol–water partition coefficient (Wildman–Crippen LogP) is 4.13. The Morgan fingerprint density at radius 1 is 0.933 bits per heavy atom. The molecule has 1 nitrogen and oxygen atoms in total. The highest BCUT2D eigenvalue weighted by Gasteiger charge is 2.12. The quantitative estimate of drug-likeness (QED) is 0.721. The molecule has 0 spiro atoms. The molecule has 1 aliphatic carbocycles. The fraction of sp³-hybridized carbons (Fsp3) is 1.00. The molecule has 90 valence electrons. The third kappa shape index (κ3) is 5.55. The molecule has 0 amide bonds. The fourth-order valence-electron chi connectivity index (χ4n) is 2.57. The monoisotopic (exact) mass is 211 g/mol. The van der Waals surface area contributed by atoms with Crippen molar-refractivity contribution < 1.29 is 0 Å². The number of hydrogen-bond donors (Lipinski definition) is 1. The van der Waals surface area contributed by atoms with Gasteiger partial charge < -0.3 is 5.32 Å². The minimum Gasteiger partial charge on any atom is -0.314 e. The van der Waals surface area contributed by atoms with Crippen LogP contribution in [0.5, 0.6) is 0 Å². The lowest BCUT2D eigenvalue weighted by Crippen LogP contribution is -2.33. The van der Waals surface area contributed by atoms with E-state index in [1.54, 1.807) is 0 Å². The van der Waals surface area contributed by atoms with E-state index in [1.165, 1.54) is 64.3 Å². The van der Waals surface area contributed by atoms with E-state index in [0.717, 1.165) is 12.0 Å². The number of rotatable bonds is 5. The zero-order valence-electron chi connectivity index (χ0n) is 10.7. The van der Waals surface area contributed by atoms with E-state index in [9.17, 15) is 0 Å². The Bertz CT molecular complexity index is 132. The maximum Gasteiger partial charge on any atom is 0.00671 e. The van der Waals surface area contributed by atoms with Crippen LogP contribution in [0, 0.1) is 5.92 Å². The molecule has 0 aromatic heterocycles. The molecule has 0 radical (unpaired) electrons. The van der Waals surface area contributed by atoms with Gasteiger partial charge in [0.05, 0.1) is 0 Å². The second-order valence-electron chi connectivity index (χ2n) is 5.13. The van der Waals surface area contributed by atoms with E-state index in [1.807, 2.05) is 0 Å². The summed E-state index contributed by atoms with van der Waals surface area (Å²) in [4.78, 5) is 0. The second kappa shape index (κ2) is 8.15. The summed E-state index contributed by atoms with van der Waals surface area (Å²) in [5.41, 5.74) is 0. The molecule has 0 saturated heterocycles. The molecule has 15 heavy (non-hydrogen) atoms. The molecule has 1 fully saturated rings. The van der Waals surface area contributed by atoms with Crippen LogP contribution in [-0.2, 0) is 0 Å². The molecule has 0 bridgehead atoms. The SMILES string of the molecule is CCC(CC)CNC1CCCCCCC1. The molecule has 0 heterocycles. The highest BCUT2D eigenvalue weighted by Crippen LogP contribution is 2.17. The third-order valence-electron chi connectivity index (χ3n) is 3.96. The van der Waals surface area contributed by atoms with Crippen molar-refractivity contribution in [2.75, 3.05) is 6.54 Å². The van der Waals surface area contributed by atoms with Crippen LogP contribution in [0.4, 0.5) is 0 Å². The molecule has 0 aromatic rings. The highest BCUT2D eigenvalue weighted by molar-refractivity contribution is 4.71. The van der Waals surface area contributed by atoms with Gasteiger partial charge in [0.1, 0.15) is 0 Å². The summed E-state index contributed by atoms with van der Waals surface area (Å²) < 4.78 is 0. The van der Waals surface area contributed by atoms with Crippen molar-refractivity contribution in [2.45, 2.75) is 77.7 Å². The van der Waals surface area contributed by atoms with Crippen molar-refractivity contribution >= 4 is 0 Å². The maximum absolute atomic E-state index is 3.79. The van der Waals surface area contributed by atoms with Crippen LogP contribution in [-0.4, -0.2) is 12.6 Å². The van der Waals surface area contributed by atoms with E-state index in [2.05, 4.69) is 19.2 Å². The van der Waals surface area contributed by atoms with Gasteiger partial charge in [0, 0.05) is 6.04 Å². The van der Waals surface area contributed by atoms with Gasteiger partial charge in [-0.3, -0.25) is 0 Å². The normalized spacial score (nSPS) is 20.2. The van der Waals surface area contributed by atoms with Gasteiger partial charge in [-0.2, -0.15) is 0 Å². The summed E-state index contributed by atoms with van der Waals surface area (Å²) in [6, 6.07) is 0.825. The first kappa shape index (κ1) is 13.0. The van der Waals surface area contributed by atoms with Crippen molar-refractivity contribution in [3.05, 3.63) is 0 Å². The molecule has 1 rings (SSSR count). The van der Waals surface area contributed by atoms with Crippen LogP contribution < -0.4 is 5.32 Å². The van der Waals surface area contributed by atoms with Crippen molar-refractivity contribution in [2.24, 2.45) is 5.92 Å². The van der Waals surface area contributed by atoms with Gasteiger partial charge in [-0.25, -0.2) is 0 Å². The first-order valence-corrected chi connectivity index (χ1v) is 7.10. The third-order valence-corrected chi connectivity index (χ3v) is 3.96. The van der Waals surface area contributed by atoms with Gasteiger partial charge in [0.2, 0.25) is 0 Å². The molecule has 0 unspecified atom stereocenters. The molecule has 0 atom stereocenters. The fourth-order valence-corrected chi connectivity index (χ4v) is 2.57. The van der Waals surface area contributed by atoms with Gasteiger partial charge in [-0.15, -0.1) is 0 Å². The van der Waals surface area contributed by atoms with E-state index in [0.29, 0.717) is 0 Å². The molecule has 1 saturated carbocycles. The summed E-state index contributed by atoms with van der Waals surface area (Å²) in [6.45, 7) is 5.87. The molecular weight excluding hydrogens is 182 g/mol. The van der Waals surface area contributed by atoms with Gasteiger partial charge in [-0.05, 0) is 25.3 Å². The van der Waals surface area contributed by atoms with Crippen LogP contribution in [0.3, 0.4) is 0 Å². The summed E-state index contributed by atoms with van der Waals surface area (Å²) in [5.74, 6) is 0.899. The summed E-state index contributed by atoms with van der Waals surface area (Å²) in [6.07, 6.45) is 12.8. The van der Waals surface area contributed by atoms with Gasteiger partial charge in [0.25, 0.3) is 0 Å². The molecular formula is C14H29N. The Kier molecular flexibility index (Phi) is 7.08. The smallest absolute Gasteiger partial charge is 0.00671 e. The zero-order chi connectivity index (χ0) is 10.9. The lowest BCUT2D eigenvalue weighted by atomic mass is 9.95. The van der Waals surface area contributed by atoms with E-state index in [4.69, 9.17) is 0 Å². The summed E-state index contributed by atoms with van der Waals surface area (Å²) >= 11 is 0. The largest absolute Gasteiger partial charge is 0.314 e. The van der Waals surface area contributed by atoms with Crippen LogP contribution >= 0.6 is 0 Å². The molecule has 0 aliphatic heterocycles. The molecule has 1 N–H and O–H groups in total. The first-order chi connectivity index (χ1) is 7.36. The summed E-state index contributed by atoms with van der Waals surface area (Å²) in [5, 5.41) is 3.79. The standard InChI is InChI=1S/C14H29N/c1-3-13(4-2)12-15-14-10-8-6-5-7-9-11-14/h13-15H,3-12H2,1-2H3. The Morgan fingerprint density at radius 2 is 1.47 bits per heavy atom. The Balaban J connectivity index is 2.16. The molecule has 1 heteroatoms. The Hall–Kier alpha value is -0.0400. The second-order valence-corrected chi connectivity index (χ2v) is 5.13. The van der Waals surface area contributed by atoms with Crippen molar-refractivity contribution in [1.29, 1.82) is 0 Å². The van der Waals surface area contributed by atoms with E-state index in [-0.39, 0.29) is 0 Å². The van der Waals surface area contributed by atoms with Gasteiger partial charge >= 0.3 is 0 Å². The Morgan fingerprint density at radius 3 is 2.00 bits per heavy atom. The van der Waals surface area contributed by atoms with Crippen LogP contribution in [0.15, 0.2) is 0 Å². The average Bonchev–Trinajstić information content (AvgIpc) is 2.21. The molecule has 1 aliphatic rings. The Labute approximate surface area is 96.0 Å². The topological polar surface area (TPSA) is 12.0 Å². The minimum atomic E-state index is 0.825. The van der Waals surface area contributed by atoms with Crippen molar-refractivity contribution in [3.63, 3.8) is 0 Å². The minimum absolute atomic E-state index is 0.825. The first-order valence-electron chi connectivity index (χ1n) is 7.10. The van der Waals surface area contributed by atoms with Crippen molar-refractivity contribution in [3.8, 4) is 0 Å². The molecule has 0 aromatic carbocycles. The van der Waals surface area contributed by atoms with Crippen LogP contribution in [0.2, 0.25) is 0 Å². The highest BCUT2D eigenvalue weighted by atomic mass is 14.9. The number of nitrogens with one attached hydrogen (secondary N) is 1. The van der Waals surface area contributed by atoms with Crippen molar-refractivity contribution in [1.82, 2.24) is 5.32 Å². The lowest BCUT2D eigenvalue weighted by molar-refractivity contribution is 0.352. The van der Waals surface area contributed by atoms with E-state index >= 15 is 0 Å². The predicted molar refractivity (Wildman–Crippen MR) is 68.2 cm³/mol. The summed E-state index contributed by atoms with van der Waals surface area (Å²) in [7, 11) is 0. The van der Waals surface area contributed by atoms with Gasteiger partial charge in [0.15, 0.2) is 0 Å². The lowest BCUT2D eigenvalue weighted by Gasteiger charge is -2.23. The van der Waals surface area contributed by atoms with Gasteiger partial charge in [-0.1, -0.05) is 58.8 Å². The van der Waals surface area contributed by atoms with Crippen LogP contribution in [0.1, 0.15) is 71.6 Å². The van der Waals surface area contributed by atoms with Crippen LogP contribution in [0.25, 0.3) is 0 Å².